The zero-order valence-electron chi connectivity index (χ0n) is 3.25. The fourth-order valence-electron chi connectivity index (χ4n) is 0.0585. The van der Waals surface area contributed by atoms with Gasteiger partial charge in [0.2, 0.25) is 0 Å². The Hall–Kier alpha value is 1.07. The van der Waals surface area contributed by atoms with Gasteiger partial charge in [-0.05, 0) is 0 Å². The van der Waals surface area contributed by atoms with Crippen molar-refractivity contribution in [3.63, 3.8) is 0 Å². The minimum absolute atomic E-state index is 0.904. The van der Waals surface area contributed by atoms with Crippen molar-refractivity contribution in [2.24, 2.45) is 0 Å². The summed E-state index contributed by atoms with van der Waals surface area (Å²) in [5, 5.41) is 0. The topological polar surface area (TPSA) is 69.7 Å². The first-order chi connectivity index (χ1) is 3.81. The van der Waals surface area contributed by atoms with E-state index in [0.717, 1.165) is 0 Å². The van der Waals surface area contributed by atoms with Gasteiger partial charge in [-0.15, -0.1) is 0 Å². The summed E-state index contributed by atoms with van der Waals surface area (Å²) in [6.07, 6.45) is 0. The predicted molar refractivity (Wildman–Crippen MR) is 4.23 cm³/mol. The molecule has 0 rings (SSSR count). The van der Waals surface area contributed by atoms with Crippen molar-refractivity contribution in [3.05, 3.63) is 0 Å². The molecule has 0 aliphatic rings. The second kappa shape index (κ2) is 6.20. The van der Waals surface area contributed by atoms with Crippen molar-refractivity contribution in [1.29, 1.82) is 0 Å². The van der Waals surface area contributed by atoms with Crippen LogP contribution >= 0.6 is 0 Å². The van der Waals surface area contributed by atoms with Gasteiger partial charge >= 0.3 is 64.8 Å². The summed E-state index contributed by atoms with van der Waals surface area (Å²) >= 11 is -5.12. The molecule has 0 aromatic rings. The Bertz CT molecular complexity index is 97.0. The molecule has 8 heavy (non-hydrogen) atoms. The normalized spacial score (nSPS) is 9.00. The molecule has 0 N–H and O–H groups in total. The van der Waals surface area contributed by atoms with Gasteiger partial charge in [0.1, 0.15) is 0 Å². The molecule has 0 aliphatic heterocycles. The third-order valence-electron chi connectivity index (χ3n) is 0.177. The van der Waals surface area contributed by atoms with Gasteiger partial charge in [0, 0.05) is 0 Å². The zero-order chi connectivity index (χ0) is 6.41. The van der Waals surface area contributed by atoms with Crippen LogP contribution in [0.1, 0.15) is 0 Å². The molecule has 0 spiro atoms. The van der Waals surface area contributed by atoms with Gasteiger partial charge in [0.25, 0.3) is 0 Å². The number of rotatable bonds is 4. The summed E-state index contributed by atoms with van der Waals surface area (Å²) in [4.78, 5) is 0. The summed E-state index contributed by atoms with van der Waals surface area (Å²) < 4.78 is 36.8. The van der Waals surface area contributed by atoms with E-state index in [0.29, 0.717) is 0 Å². The van der Waals surface area contributed by atoms with E-state index in [9.17, 15) is 11.0 Å². The Morgan fingerprint density at radius 3 is 1.75 bits per heavy atom. The summed E-state index contributed by atoms with van der Waals surface area (Å²) in [6.45, 7) is 0. The molecule has 0 radical (unpaired) electrons. The van der Waals surface area contributed by atoms with Crippen LogP contribution in [0, 0.1) is 0 Å². The summed E-state index contributed by atoms with van der Waals surface area (Å²) in [6, 6.07) is 0. The van der Waals surface area contributed by atoms with Crippen molar-refractivity contribution in [1.82, 2.24) is 0 Å². The quantitative estimate of drug-likeness (QED) is 0.619. The van der Waals surface area contributed by atoms with Gasteiger partial charge < -0.3 is 0 Å². The minimum atomic E-state index is -3.31. The van der Waals surface area contributed by atoms with Crippen LogP contribution in [0.2, 0.25) is 0 Å². The van der Waals surface area contributed by atoms with Gasteiger partial charge in [-0.1, -0.05) is 0 Å². The maximum absolute atomic E-state index is 10.0. The zero-order valence-corrected chi connectivity index (χ0v) is 7.02. The Labute approximate surface area is 64.6 Å². The monoisotopic (exact) mass is 240 g/mol. The first kappa shape index (κ1) is 9.07. The maximum atomic E-state index is 10.0. The Kier molecular flexibility index (Phi) is 7.03. The molecule has 0 bridgehead atoms. The summed E-state index contributed by atoms with van der Waals surface area (Å²) in [5.74, 6) is 0. The molecule has 0 fully saturated rings. The van der Waals surface area contributed by atoms with E-state index < -0.39 is 49.1 Å². The predicted octanol–water partition coefficient (Wildman–Crippen LogP) is -0.501. The molecule has 0 unspecified atom stereocenters. The van der Waals surface area contributed by atoms with Crippen LogP contribution in [0.4, 0.5) is 0 Å². The molecule has 50 valence electrons. The van der Waals surface area contributed by atoms with E-state index in [-0.39, 0.29) is 0 Å². The van der Waals surface area contributed by atoms with Crippen molar-refractivity contribution in [3.8, 4) is 0 Å². The van der Waals surface area contributed by atoms with Gasteiger partial charge in [0.05, 0.1) is 0 Å². The fraction of sp³-hybridized carbons (Fsp3) is 0. The van der Waals surface area contributed by atoms with Crippen molar-refractivity contribution >= 4 is 0 Å². The average Bonchev–Trinajstić information content (AvgIpc) is 1.68. The van der Waals surface area contributed by atoms with Crippen LogP contribution in [0.15, 0.2) is 0 Å². The average molecular weight is 240 g/mol. The molecule has 0 atom stereocenters. The van der Waals surface area contributed by atoms with Crippen LogP contribution in [0.25, 0.3) is 0 Å². The van der Waals surface area contributed by atoms with E-state index in [4.69, 9.17) is 0 Å². The van der Waals surface area contributed by atoms with Gasteiger partial charge in [0.15, 0.2) is 0 Å². The van der Waals surface area contributed by atoms with E-state index >= 15 is 0 Å². The van der Waals surface area contributed by atoms with Crippen molar-refractivity contribution in [2.45, 2.75) is 0 Å². The van der Waals surface area contributed by atoms with Gasteiger partial charge in [-0.25, -0.2) is 0 Å². The number of hydrogen-bond donors (Lipinski definition) is 0. The summed E-state index contributed by atoms with van der Waals surface area (Å²) in [7, 11) is 0. The SMILES string of the molecule is [O]=[Fe][O][Ti](=[O])[O][Fe]=[O]. The van der Waals surface area contributed by atoms with Crippen LogP contribution in [-0.4, -0.2) is 0 Å². The molecule has 5 nitrogen and oxygen atoms in total. The standard InChI is InChI=1S/2Fe.5O.Ti. The third-order valence-corrected chi connectivity index (χ3v) is 3.01. The van der Waals surface area contributed by atoms with E-state index in [1.807, 2.05) is 0 Å². The molecule has 0 aromatic carbocycles. The first-order valence-electron chi connectivity index (χ1n) is 1.19. The van der Waals surface area contributed by atoms with Gasteiger partial charge in [-0.2, -0.15) is 0 Å². The van der Waals surface area contributed by atoms with E-state index in [2.05, 4.69) is 4.80 Å². The Morgan fingerprint density at radius 1 is 1.12 bits per heavy atom. The third kappa shape index (κ3) is 5.21. The van der Waals surface area contributed by atoms with Crippen molar-refractivity contribution in [2.75, 3.05) is 0 Å². The molecule has 0 saturated heterocycles. The van der Waals surface area contributed by atoms with Crippen LogP contribution in [0.5, 0.6) is 0 Å². The Balaban J connectivity index is 3.32. The molecular formula is Fe2O5Ti. The molecule has 0 heterocycles. The molecule has 0 aromatic heterocycles. The molecule has 8 heteroatoms. The van der Waals surface area contributed by atoms with Crippen molar-refractivity contribution < 1.29 is 64.8 Å². The Morgan fingerprint density at radius 2 is 1.50 bits per heavy atom. The number of hydrogen-bond acceptors (Lipinski definition) is 5. The second-order valence-corrected chi connectivity index (χ2v) is 3.97. The first-order valence-corrected chi connectivity index (χ1v) is 4.91. The van der Waals surface area contributed by atoms with Crippen LogP contribution in [-0.2, 0) is 64.8 Å². The van der Waals surface area contributed by atoms with Crippen LogP contribution < -0.4 is 0 Å². The van der Waals surface area contributed by atoms with Gasteiger partial charge in [-0.3, -0.25) is 0 Å². The molecule has 0 aliphatic carbocycles. The molecule has 0 amide bonds. The van der Waals surface area contributed by atoms with E-state index in [1.165, 1.54) is 0 Å². The molecular weight excluding hydrogens is 240 g/mol. The summed E-state index contributed by atoms with van der Waals surface area (Å²) in [5.41, 5.74) is 0. The fourth-order valence-corrected chi connectivity index (χ4v) is 1.55. The van der Waals surface area contributed by atoms with E-state index in [1.54, 1.807) is 0 Å². The van der Waals surface area contributed by atoms with Crippen LogP contribution in [0.3, 0.4) is 0 Å². The molecule has 0 saturated carbocycles. The second-order valence-electron chi connectivity index (χ2n) is 0.512.